The van der Waals surface area contributed by atoms with Crippen molar-refractivity contribution < 1.29 is 23.9 Å². The van der Waals surface area contributed by atoms with Gasteiger partial charge < -0.3 is 20.1 Å². The normalized spacial score (nSPS) is 12.7. The van der Waals surface area contributed by atoms with E-state index >= 15 is 0 Å². The Balaban J connectivity index is 2.59. The van der Waals surface area contributed by atoms with Crippen molar-refractivity contribution in [2.45, 2.75) is 25.9 Å². The minimum atomic E-state index is -0.790. The number of carbonyl (C=O) groups is 3. The summed E-state index contributed by atoms with van der Waals surface area (Å²) in [7, 11) is 2.77. The first-order valence-electron chi connectivity index (χ1n) is 6.72. The van der Waals surface area contributed by atoms with Gasteiger partial charge in [-0.2, -0.15) is 0 Å². The van der Waals surface area contributed by atoms with Crippen molar-refractivity contribution >= 4 is 17.8 Å². The largest absolute Gasteiger partial charge is 0.497 e. The molecule has 0 aliphatic carbocycles. The molecule has 0 bridgehead atoms. The number of carbonyl (C=O) groups excluding carboxylic acids is 3. The maximum Gasteiger partial charge on any atom is 0.328 e. The number of amides is 2. The predicted molar refractivity (Wildman–Crippen MR) is 79.5 cm³/mol. The highest BCUT2D eigenvalue weighted by Crippen LogP contribution is 2.11. The van der Waals surface area contributed by atoms with Crippen LogP contribution in [-0.2, 0) is 14.3 Å². The summed E-state index contributed by atoms with van der Waals surface area (Å²) < 4.78 is 9.52. The van der Waals surface area contributed by atoms with Crippen molar-refractivity contribution in [1.29, 1.82) is 0 Å². The van der Waals surface area contributed by atoms with E-state index < -0.39 is 29.9 Å². The molecular weight excluding hydrogens is 288 g/mol. The van der Waals surface area contributed by atoms with Crippen LogP contribution in [0.2, 0.25) is 0 Å². The minimum absolute atomic E-state index is 0.393. The Hall–Kier alpha value is -2.57. The van der Waals surface area contributed by atoms with Crippen molar-refractivity contribution in [2.24, 2.45) is 0 Å². The Bertz CT molecular complexity index is 541. The van der Waals surface area contributed by atoms with E-state index in [1.165, 1.54) is 28.1 Å². The second kappa shape index (κ2) is 8.02. The van der Waals surface area contributed by atoms with Gasteiger partial charge >= 0.3 is 5.97 Å². The molecule has 22 heavy (non-hydrogen) atoms. The number of ether oxygens (including phenoxy) is 2. The van der Waals surface area contributed by atoms with Crippen molar-refractivity contribution in [3.05, 3.63) is 29.8 Å². The van der Waals surface area contributed by atoms with E-state index in [0.717, 1.165) is 0 Å². The van der Waals surface area contributed by atoms with Crippen LogP contribution in [0.4, 0.5) is 0 Å². The number of hydrogen-bond acceptors (Lipinski definition) is 5. The average molecular weight is 308 g/mol. The van der Waals surface area contributed by atoms with Crippen LogP contribution in [-0.4, -0.2) is 44.1 Å². The topological polar surface area (TPSA) is 93.7 Å². The van der Waals surface area contributed by atoms with Gasteiger partial charge in [0, 0.05) is 5.56 Å². The van der Waals surface area contributed by atoms with Gasteiger partial charge in [-0.1, -0.05) is 0 Å². The highest BCUT2D eigenvalue weighted by molar-refractivity contribution is 5.98. The lowest BCUT2D eigenvalue weighted by Gasteiger charge is -2.17. The maximum absolute atomic E-state index is 12.0. The molecule has 7 nitrogen and oxygen atoms in total. The summed E-state index contributed by atoms with van der Waals surface area (Å²) in [5.41, 5.74) is 0.404. The van der Waals surface area contributed by atoms with Crippen molar-refractivity contribution in [2.75, 3.05) is 14.2 Å². The Morgan fingerprint density at radius 2 is 1.55 bits per heavy atom. The molecule has 0 spiro atoms. The lowest BCUT2D eigenvalue weighted by atomic mass is 10.2. The maximum atomic E-state index is 12.0. The number of nitrogens with one attached hydrogen (secondary N) is 2. The van der Waals surface area contributed by atoms with Gasteiger partial charge in [-0.3, -0.25) is 9.59 Å². The van der Waals surface area contributed by atoms with Crippen LogP contribution in [0.3, 0.4) is 0 Å². The fourth-order valence-electron chi connectivity index (χ4n) is 1.66. The van der Waals surface area contributed by atoms with Gasteiger partial charge in [0.1, 0.15) is 17.8 Å². The van der Waals surface area contributed by atoms with Crippen LogP contribution in [0.5, 0.6) is 5.75 Å². The highest BCUT2D eigenvalue weighted by atomic mass is 16.5. The van der Waals surface area contributed by atoms with Crippen LogP contribution in [0.25, 0.3) is 0 Å². The second-order valence-electron chi connectivity index (χ2n) is 4.68. The van der Waals surface area contributed by atoms with Gasteiger partial charge in [0.05, 0.1) is 14.2 Å². The molecule has 1 rings (SSSR count). The van der Waals surface area contributed by atoms with Gasteiger partial charge in [0.15, 0.2) is 0 Å². The van der Waals surface area contributed by atoms with Crippen LogP contribution in [0.1, 0.15) is 24.2 Å². The van der Waals surface area contributed by atoms with Gasteiger partial charge in [-0.15, -0.1) is 0 Å². The minimum Gasteiger partial charge on any atom is -0.497 e. The summed E-state index contributed by atoms with van der Waals surface area (Å²) in [5, 5.41) is 5.01. The van der Waals surface area contributed by atoms with Crippen molar-refractivity contribution in [3.8, 4) is 5.75 Å². The van der Waals surface area contributed by atoms with Crippen LogP contribution in [0, 0.1) is 0 Å². The molecule has 0 saturated heterocycles. The zero-order chi connectivity index (χ0) is 16.7. The molecule has 120 valence electrons. The van der Waals surface area contributed by atoms with Gasteiger partial charge in [-0.25, -0.2) is 4.79 Å². The van der Waals surface area contributed by atoms with Gasteiger partial charge in [0.25, 0.3) is 5.91 Å². The van der Waals surface area contributed by atoms with Gasteiger partial charge in [-0.05, 0) is 38.1 Å². The molecule has 2 N–H and O–H groups in total. The smallest absolute Gasteiger partial charge is 0.328 e. The van der Waals surface area contributed by atoms with E-state index in [0.29, 0.717) is 11.3 Å². The van der Waals surface area contributed by atoms with E-state index in [9.17, 15) is 14.4 Å². The molecule has 0 radical (unpaired) electrons. The third-order valence-corrected chi connectivity index (χ3v) is 3.01. The molecule has 2 amide bonds. The summed E-state index contributed by atoms with van der Waals surface area (Å²) in [4.78, 5) is 35.1. The third-order valence-electron chi connectivity index (χ3n) is 3.01. The summed E-state index contributed by atoms with van der Waals surface area (Å²) in [6.07, 6.45) is 0. The molecule has 0 aliphatic rings. The molecule has 1 aromatic carbocycles. The lowest BCUT2D eigenvalue weighted by Crippen LogP contribution is -2.49. The zero-order valence-electron chi connectivity index (χ0n) is 13.0. The fraction of sp³-hybridized carbons (Fsp3) is 0.400. The number of rotatable bonds is 6. The number of hydrogen-bond donors (Lipinski definition) is 2. The zero-order valence-corrected chi connectivity index (χ0v) is 13.0. The standard InChI is InChI=1S/C15H20N2O5/c1-9(13(18)17-10(2)15(20)22-4)16-14(19)11-5-7-12(21-3)8-6-11/h5-10H,1-4H3,(H,16,19)(H,17,18). The van der Waals surface area contributed by atoms with Crippen LogP contribution < -0.4 is 15.4 Å². The molecule has 0 saturated carbocycles. The first-order chi connectivity index (χ1) is 10.4. The monoisotopic (exact) mass is 308 g/mol. The molecule has 0 heterocycles. The molecule has 2 atom stereocenters. The lowest BCUT2D eigenvalue weighted by molar-refractivity contribution is -0.144. The molecule has 0 aliphatic heterocycles. The predicted octanol–water partition coefficient (Wildman–Crippen LogP) is 0.491. The van der Waals surface area contributed by atoms with E-state index in [-0.39, 0.29) is 0 Å². The second-order valence-corrected chi connectivity index (χ2v) is 4.68. The molecule has 7 heteroatoms. The van der Waals surface area contributed by atoms with E-state index in [4.69, 9.17) is 4.74 Å². The van der Waals surface area contributed by atoms with Crippen molar-refractivity contribution in [3.63, 3.8) is 0 Å². The Morgan fingerprint density at radius 3 is 2.05 bits per heavy atom. The number of benzene rings is 1. The van der Waals surface area contributed by atoms with Gasteiger partial charge in [0.2, 0.25) is 5.91 Å². The van der Waals surface area contributed by atoms with E-state index in [1.54, 1.807) is 24.3 Å². The summed E-state index contributed by atoms with van der Waals surface area (Å²) >= 11 is 0. The first kappa shape index (κ1) is 17.5. The molecular formula is C15H20N2O5. The SMILES string of the molecule is COC(=O)C(C)NC(=O)C(C)NC(=O)c1ccc(OC)cc1. The highest BCUT2D eigenvalue weighted by Gasteiger charge is 2.21. The molecule has 0 fully saturated rings. The fourth-order valence-corrected chi connectivity index (χ4v) is 1.66. The van der Waals surface area contributed by atoms with Crippen LogP contribution >= 0.6 is 0 Å². The van der Waals surface area contributed by atoms with E-state index in [1.807, 2.05) is 0 Å². The third kappa shape index (κ3) is 4.76. The quantitative estimate of drug-likeness (QED) is 0.746. The Morgan fingerprint density at radius 1 is 0.955 bits per heavy atom. The van der Waals surface area contributed by atoms with Crippen molar-refractivity contribution in [1.82, 2.24) is 10.6 Å². The average Bonchev–Trinajstić information content (AvgIpc) is 2.53. The summed E-state index contributed by atoms with van der Waals surface area (Å²) in [6.45, 7) is 3.03. The number of esters is 1. The van der Waals surface area contributed by atoms with Crippen LogP contribution in [0.15, 0.2) is 24.3 Å². The summed E-state index contributed by atoms with van der Waals surface area (Å²) in [5.74, 6) is -0.785. The number of methoxy groups -OCH3 is 2. The molecule has 0 aromatic heterocycles. The summed E-state index contributed by atoms with van der Waals surface area (Å²) in [6, 6.07) is 4.92. The first-order valence-corrected chi connectivity index (χ1v) is 6.72. The molecule has 1 aromatic rings. The molecule has 2 unspecified atom stereocenters. The Kier molecular flexibility index (Phi) is 6.37. The Labute approximate surface area is 129 Å². The van der Waals surface area contributed by atoms with E-state index in [2.05, 4.69) is 15.4 Å².